The minimum Gasteiger partial charge on any atom is -0.322 e. The summed E-state index contributed by atoms with van der Waals surface area (Å²) in [6, 6.07) is 10.1. The molecule has 0 spiro atoms. The molecule has 0 aromatic heterocycles. The average Bonchev–Trinajstić information content (AvgIpc) is 2.88. The molecule has 2 N–H and O–H groups in total. The van der Waals surface area contributed by atoms with Crippen molar-refractivity contribution in [3.8, 4) is 0 Å². The summed E-state index contributed by atoms with van der Waals surface area (Å²) in [5, 5.41) is 4.17. The highest BCUT2D eigenvalue weighted by Crippen LogP contribution is 2.22. The molecule has 0 radical (unpaired) electrons. The number of amides is 3. The zero-order valence-electron chi connectivity index (χ0n) is 14.1. The topological polar surface area (TPSA) is 109 Å². The first-order valence-electron chi connectivity index (χ1n) is 7.85. The summed E-state index contributed by atoms with van der Waals surface area (Å²) in [5.41, 5.74) is 0.936. The van der Waals surface area contributed by atoms with Crippen LogP contribution >= 0.6 is 0 Å². The predicted molar refractivity (Wildman–Crippen MR) is 95.0 cm³/mol. The van der Waals surface area contributed by atoms with Crippen molar-refractivity contribution in [3.63, 3.8) is 0 Å². The third-order valence-corrected chi connectivity index (χ3v) is 6.19. The van der Waals surface area contributed by atoms with Gasteiger partial charge in [0.1, 0.15) is 0 Å². The normalized spacial score (nSPS) is 13.5. The second-order valence-corrected chi connectivity index (χ2v) is 8.62. The van der Waals surface area contributed by atoms with Crippen molar-refractivity contribution in [1.29, 1.82) is 0 Å². The Kier molecular flexibility index (Phi) is 4.37. The first-order valence-corrected chi connectivity index (χ1v) is 9.40. The molecule has 3 rings (SSSR count). The summed E-state index contributed by atoms with van der Waals surface area (Å²) < 4.78 is 24.5. The predicted octanol–water partition coefficient (Wildman–Crippen LogP) is 2.00. The molecule has 0 aliphatic carbocycles. The van der Waals surface area contributed by atoms with Crippen LogP contribution in [0.4, 0.5) is 5.69 Å². The van der Waals surface area contributed by atoms with Crippen LogP contribution in [-0.4, -0.2) is 31.4 Å². The minimum atomic E-state index is -3.50. The lowest BCUT2D eigenvalue weighted by Crippen LogP contribution is -2.19. The van der Waals surface area contributed by atoms with Crippen LogP contribution in [-0.2, 0) is 9.84 Å². The van der Waals surface area contributed by atoms with Gasteiger partial charge in [-0.2, -0.15) is 0 Å². The molecular weight excluding hydrogens is 356 g/mol. The Morgan fingerprint density at radius 2 is 1.69 bits per heavy atom. The van der Waals surface area contributed by atoms with Gasteiger partial charge in [0.25, 0.3) is 17.7 Å². The zero-order valence-corrected chi connectivity index (χ0v) is 14.9. The number of sulfone groups is 1. The molecule has 1 heterocycles. The molecule has 26 heavy (non-hydrogen) atoms. The largest absolute Gasteiger partial charge is 0.322 e. The van der Waals surface area contributed by atoms with Crippen molar-refractivity contribution >= 4 is 33.2 Å². The van der Waals surface area contributed by atoms with E-state index in [1.165, 1.54) is 42.5 Å². The maximum Gasteiger partial charge on any atom is 0.259 e. The molecule has 0 saturated carbocycles. The lowest BCUT2D eigenvalue weighted by atomic mass is 10.1. The Balaban J connectivity index is 1.87. The van der Waals surface area contributed by atoms with Gasteiger partial charge in [-0.05, 0) is 50.2 Å². The Bertz CT molecular complexity index is 1040. The summed E-state index contributed by atoms with van der Waals surface area (Å²) >= 11 is 0. The highest BCUT2D eigenvalue weighted by molar-refractivity contribution is 7.92. The van der Waals surface area contributed by atoms with Gasteiger partial charge in [-0.1, -0.05) is 6.07 Å². The van der Waals surface area contributed by atoms with E-state index < -0.39 is 32.8 Å². The Morgan fingerprint density at radius 1 is 1.00 bits per heavy atom. The van der Waals surface area contributed by atoms with E-state index >= 15 is 0 Å². The van der Waals surface area contributed by atoms with Crippen LogP contribution in [0.5, 0.6) is 0 Å². The maximum atomic E-state index is 12.4. The summed E-state index contributed by atoms with van der Waals surface area (Å²) in [4.78, 5) is 35.7. The molecule has 0 fully saturated rings. The molecule has 1 aliphatic rings. The second kappa shape index (κ2) is 6.38. The van der Waals surface area contributed by atoms with Crippen molar-refractivity contribution < 1.29 is 22.8 Å². The Morgan fingerprint density at radius 3 is 2.38 bits per heavy atom. The summed E-state index contributed by atoms with van der Waals surface area (Å²) in [7, 11) is -3.50. The molecule has 134 valence electrons. The third kappa shape index (κ3) is 3.11. The van der Waals surface area contributed by atoms with E-state index in [1.807, 2.05) is 0 Å². The number of carbonyl (C=O) groups is 3. The fraction of sp³-hybridized carbons (Fsp3) is 0.167. The molecule has 2 aromatic carbocycles. The van der Waals surface area contributed by atoms with Crippen molar-refractivity contribution in [1.82, 2.24) is 5.32 Å². The molecule has 0 atom stereocenters. The third-order valence-electron chi connectivity index (χ3n) is 4.04. The van der Waals surface area contributed by atoms with Crippen molar-refractivity contribution in [2.24, 2.45) is 0 Å². The van der Waals surface area contributed by atoms with Gasteiger partial charge >= 0.3 is 0 Å². The number of anilines is 1. The highest BCUT2D eigenvalue weighted by Gasteiger charge is 2.27. The SMILES string of the molecule is CC(C)S(=O)(=O)c1cccc(C(=O)Nc2ccc3c(c2)C(=O)NC3=O)c1. The van der Waals surface area contributed by atoms with Crippen LogP contribution in [0.25, 0.3) is 0 Å². The maximum absolute atomic E-state index is 12.4. The zero-order chi connectivity index (χ0) is 19.1. The number of carbonyl (C=O) groups excluding carboxylic acids is 3. The van der Waals surface area contributed by atoms with Gasteiger partial charge < -0.3 is 5.32 Å². The van der Waals surface area contributed by atoms with E-state index in [4.69, 9.17) is 0 Å². The van der Waals surface area contributed by atoms with Gasteiger partial charge in [-0.25, -0.2) is 8.42 Å². The molecule has 0 unspecified atom stereocenters. The van der Waals surface area contributed by atoms with Gasteiger partial charge in [0.05, 0.1) is 21.3 Å². The van der Waals surface area contributed by atoms with Crippen molar-refractivity contribution in [2.75, 3.05) is 5.32 Å². The number of nitrogens with one attached hydrogen (secondary N) is 2. The van der Waals surface area contributed by atoms with Crippen molar-refractivity contribution in [2.45, 2.75) is 24.0 Å². The van der Waals surface area contributed by atoms with Gasteiger partial charge in [0, 0.05) is 11.3 Å². The molecule has 2 aromatic rings. The number of hydrogen-bond acceptors (Lipinski definition) is 5. The standard InChI is InChI=1S/C18H16N2O5S/c1-10(2)26(24,25)13-5-3-4-11(8-13)16(21)19-12-6-7-14-15(9-12)18(23)20-17(14)22/h3-10H,1-2H3,(H,19,21)(H,20,22,23). The first-order chi connectivity index (χ1) is 12.2. The van der Waals surface area contributed by atoms with Crippen LogP contribution in [0.1, 0.15) is 44.9 Å². The molecule has 1 aliphatic heterocycles. The fourth-order valence-electron chi connectivity index (χ4n) is 2.54. The van der Waals surface area contributed by atoms with Gasteiger partial charge in [0.2, 0.25) is 0 Å². The number of hydrogen-bond donors (Lipinski definition) is 2. The van der Waals surface area contributed by atoms with E-state index in [-0.39, 0.29) is 21.6 Å². The molecule has 7 nitrogen and oxygen atoms in total. The number of rotatable bonds is 4. The average molecular weight is 372 g/mol. The summed E-state index contributed by atoms with van der Waals surface area (Å²) in [6.07, 6.45) is 0. The highest BCUT2D eigenvalue weighted by atomic mass is 32.2. The quantitative estimate of drug-likeness (QED) is 0.798. The van der Waals surface area contributed by atoms with Gasteiger partial charge in [0.15, 0.2) is 9.84 Å². The fourth-order valence-corrected chi connectivity index (χ4v) is 3.64. The van der Waals surface area contributed by atoms with Crippen LogP contribution < -0.4 is 10.6 Å². The minimum absolute atomic E-state index is 0.0686. The van der Waals surface area contributed by atoms with E-state index in [0.717, 1.165) is 0 Å². The van der Waals surface area contributed by atoms with E-state index in [1.54, 1.807) is 13.8 Å². The van der Waals surface area contributed by atoms with Crippen LogP contribution in [0.2, 0.25) is 0 Å². The Hall–Kier alpha value is -3.00. The lowest BCUT2D eigenvalue weighted by Gasteiger charge is -2.10. The van der Waals surface area contributed by atoms with Crippen LogP contribution in [0.3, 0.4) is 0 Å². The van der Waals surface area contributed by atoms with Crippen LogP contribution in [0.15, 0.2) is 47.4 Å². The molecular formula is C18H16N2O5S. The number of fused-ring (bicyclic) bond motifs is 1. The second-order valence-electron chi connectivity index (χ2n) is 6.12. The Labute approximate surface area is 150 Å². The van der Waals surface area contributed by atoms with Crippen molar-refractivity contribution in [3.05, 3.63) is 59.2 Å². The molecule has 0 saturated heterocycles. The van der Waals surface area contributed by atoms with E-state index in [9.17, 15) is 22.8 Å². The van der Waals surface area contributed by atoms with E-state index in [0.29, 0.717) is 5.69 Å². The van der Waals surface area contributed by atoms with Crippen LogP contribution in [0, 0.1) is 0 Å². The molecule has 8 heteroatoms. The molecule has 0 bridgehead atoms. The summed E-state index contributed by atoms with van der Waals surface area (Å²) in [6.45, 7) is 3.14. The van der Waals surface area contributed by atoms with E-state index in [2.05, 4.69) is 10.6 Å². The first kappa shape index (κ1) is 17.8. The summed E-state index contributed by atoms with van der Waals surface area (Å²) in [5.74, 6) is -1.52. The number of benzene rings is 2. The number of imide groups is 1. The monoisotopic (exact) mass is 372 g/mol. The molecule has 3 amide bonds. The lowest BCUT2D eigenvalue weighted by molar-refractivity contribution is 0.0878. The van der Waals surface area contributed by atoms with Gasteiger partial charge in [-0.15, -0.1) is 0 Å². The smallest absolute Gasteiger partial charge is 0.259 e. The van der Waals surface area contributed by atoms with Gasteiger partial charge in [-0.3, -0.25) is 19.7 Å².